The second-order valence-corrected chi connectivity index (χ2v) is 4.61. The summed E-state index contributed by atoms with van der Waals surface area (Å²) in [7, 11) is 0. The molecule has 0 saturated carbocycles. The fourth-order valence-corrected chi connectivity index (χ4v) is 2.19. The van der Waals surface area contributed by atoms with E-state index in [9.17, 15) is 0 Å². The largest absolute Gasteiger partial charge is 0.466 e. The molecule has 2 heteroatoms. The van der Waals surface area contributed by atoms with Gasteiger partial charge >= 0.3 is 0 Å². The van der Waals surface area contributed by atoms with Gasteiger partial charge in [-0.05, 0) is 51.0 Å². The van der Waals surface area contributed by atoms with E-state index in [2.05, 4.69) is 13.2 Å². The van der Waals surface area contributed by atoms with Gasteiger partial charge in [-0.1, -0.05) is 13.2 Å². The molecule has 0 radical (unpaired) electrons. The zero-order valence-corrected chi connectivity index (χ0v) is 11.4. The fourth-order valence-electron chi connectivity index (χ4n) is 2.19. The molecule has 2 aromatic rings. The minimum absolute atomic E-state index is 0.872. The topological polar surface area (TPSA) is 26.3 Å². The van der Waals surface area contributed by atoms with Crippen LogP contribution >= 0.6 is 0 Å². The minimum Gasteiger partial charge on any atom is -0.466 e. The van der Waals surface area contributed by atoms with Gasteiger partial charge in [0, 0.05) is 11.1 Å². The molecule has 0 atom stereocenters. The predicted octanol–water partition coefficient (Wildman–Crippen LogP) is 4.83. The quantitative estimate of drug-likeness (QED) is 0.720. The van der Waals surface area contributed by atoms with Gasteiger partial charge < -0.3 is 8.83 Å². The Hall–Kier alpha value is -1.96. The van der Waals surface area contributed by atoms with Crippen molar-refractivity contribution in [2.75, 3.05) is 0 Å². The lowest BCUT2D eigenvalue weighted by molar-refractivity contribution is 0.503. The molecule has 2 rings (SSSR count). The van der Waals surface area contributed by atoms with E-state index in [-0.39, 0.29) is 0 Å². The van der Waals surface area contributed by atoms with Crippen molar-refractivity contribution in [3.63, 3.8) is 0 Å². The number of rotatable bonds is 3. The molecule has 0 aliphatic carbocycles. The van der Waals surface area contributed by atoms with Gasteiger partial charge in [0.05, 0.1) is 0 Å². The van der Waals surface area contributed by atoms with Gasteiger partial charge in [-0.2, -0.15) is 0 Å². The Morgan fingerprint density at radius 3 is 1.33 bits per heavy atom. The fraction of sp³-hybridized carbons (Fsp3) is 0.250. The normalized spacial score (nSPS) is 10.7. The summed E-state index contributed by atoms with van der Waals surface area (Å²) in [5.74, 6) is 3.51. The third-order valence-corrected chi connectivity index (χ3v) is 3.10. The van der Waals surface area contributed by atoms with Crippen LogP contribution in [-0.2, 0) is 0 Å². The van der Waals surface area contributed by atoms with E-state index in [1.807, 2.05) is 39.8 Å². The Labute approximate surface area is 108 Å². The molecule has 0 unspecified atom stereocenters. The molecule has 0 aliphatic heterocycles. The summed E-state index contributed by atoms with van der Waals surface area (Å²) in [4.78, 5) is 0. The molecule has 0 aromatic carbocycles. The maximum absolute atomic E-state index is 5.53. The van der Waals surface area contributed by atoms with Gasteiger partial charge in [-0.15, -0.1) is 0 Å². The van der Waals surface area contributed by atoms with Gasteiger partial charge in [-0.25, -0.2) is 0 Å². The molecule has 0 N–H and O–H groups in total. The van der Waals surface area contributed by atoms with Gasteiger partial charge in [0.25, 0.3) is 0 Å². The van der Waals surface area contributed by atoms with E-state index < -0.39 is 0 Å². The van der Waals surface area contributed by atoms with E-state index in [1.54, 1.807) is 0 Å². The third kappa shape index (κ3) is 2.06. The molecule has 2 heterocycles. The van der Waals surface area contributed by atoms with E-state index in [0.29, 0.717) is 0 Å². The molecule has 94 valence electrons. The summed E-state index contributed by atoms with van der Waals surface area (Å²) in [5, 5.41) is 0. The SMILES string of the molecule is C=C(C(=C)c1cc(C)oc1C)c1cc(C)oc1C. The summed E-state index contributed by atoms with van der Waals surface area (Å²) in [6.45, 7) is 16.0. The first-order valence-corrected chi connectivity index (χ1v) is 5.93. The van der Waals surface area contributed by atoms with E-state index in [0.717, 1.165) is 45.3 Å². The average molecular weight is 242 g/mol. The molecule has 0 amide bonds. The Morgan fingerprint density at radius 2 is 1.11 bits per heavy atom. The summed E-state index contributed by atoms with van der Waals surface area (Å²) in [6.07, 6.45) is 0. The molecular formula is C16H18O2. The Morgan fingerprint density at radius 1 is 0.778 bits per heavy atom. The van der Waals surface area contributed by atoms with Gasteiger partial charge in [-0.3, -0.25) is 0 Å². The summed E-state index contributed by atoms with van der Waals surface area (Å²) < 4.78 is 11.1. The molecular weight excluding hydrogens is 224 g/mol. The zero-order valence-electron chi connectivity index (χ0n) is 11.4. The minimum atomic E-state index is 0.872. The molecule has 2 aromatic heterocycles. The van der Waals surface area contributed by atoms with Crippen molar-refractivity contribution in [3.8, 4) is 0 Å². The number of aryl methyl sites for hydroxylation is 4. The zero-order chi connectivity index (χ0) is 13.4. The molecule has 0 saturated heterocycles. The monoisotopic (exact) mass is 242 g/mol. The summed E-state index contributed by atoms with van der Waals surface area (Å²) in [6, 6.07) is 3.98. The van der Waals surface area contributed by atoms with Gasteiger partial charge in [0.15, 0.2) is 0 Å². The first-order chi connectivity index (χ1) is 8.40. The summed E-state index contributed by atoms with van der Waals surface area (Å²) in [5.41, 5.74) is 3.79. The van der Waals surface area contributed by atoms with E-state index >= 15 is 0 Å². The van der Waals surface area contributed by atoms with Crippen LogP contribution in [0.3, 0.4) is 0 Å². The van der Waals surface area contributed by atoms with E-state index in [1.165, 1.54) is 0 Å². The molecule has 0 fully saturated rings. The molecule has 0 bridgehead atoms. The second-order valence-electron chi connectivity index (χ2n) is 4.61. The maximum atomic E-state index is 5.53. The van der Waals surface area contributed by atoms with Crippen LogP contribution in [0.2, 0.25) is 0 Å². The summed E-state index contributed by atoms with van der Waals surface area (Å²) >= 11 is 0. The van der Waals surface area contributed by atoms with E-state index in [4.69, 9.17) is 8.83 Å². The number of hydrogen-bond donors (Lipinski definition) is 0. The first-order valence-electron chi connectivity index (χ1n) is 5.93. The standard InChI is InChI=1S/C16H18O2/c1-9-7-15(13(5)17-9)11(3)12(4)16-8-10(2)18-14(16)6/h7-8H,3-4H2,1-2,5-6H3. The maximum Gasteiger partial charge on any atom is 0.108 e. The molecule has 0 spiro atoms. The molecule has 18 heavy (non-hydrogen) atoms. The number of furan rings is 2. The van der Waals surface area contributed by atoms with Crippen LogP contribution < -0.4 is 0 Å². The third-order valence-electron chi connectivity index (χ3n) is 3.10. The van der Waals surface area contributed by atoms with Crippen LogP contribution in [0.4, 0.5) is 0 Å². The second kappa shape index (κ2) is 4.37. The molecule has 2 nitrogen and oxygen atoms in total. The highest BCUT2D eigenvalue weighted by Crippen LogP contribution is 2.34. The highest BCUT2D eigenvalue weighted by atomic mass is 16.3. The lowest BCUT2D eigenvalue weighted by Gasteiger charge is -2.07. The van der Waals surface area contributed by atoms with Crippen molar-refractivity contribution in [2.24, 2.45) is 0 Å². The first kappa shape index (κ1) is 12.5. The highest BCUT2D eigenvalue weighted by Gasteiger charge is 2.15. The van der Waals surface area contributed by atoms with Crippen molar-refractivity contribution in [1.82, 2.24) is 0 Å². The van der Waals surface area contributed by atoms with Gasteiger partial charge in [0.1, 0.15) is 23.0 Å². The van der Waals surface area contributed by atoms with Crippen LogP contribution in [0.5, 0.6) is 0 Å². The number of allylic oxidation sites excluding steroid dienone is 2. The number of hydrogen-bond acceptors (Lipinski definition) is 2. The van der Waals surface area contributed by atoms with Crippen molar-refractivity contribution in [3.05, 3.63) is 59.5 Å². The predicted molar refractivity (Wildman–Crippen MR) is 74.4 cm³/mol. The van der Waals surface area contributed by atoms with Crippen LogP contribution in [0, 0.1) is 27.7 Å². The van der Waals surface area contributed by atoms with Crippen molar-refractivity contribution in [1.29, 1.82) is 0 Å². The van der Waals surface area contributed by atoms with Crippen molar-refractivity contribution in [2.45, 2.75) is 27.7 Å². The van der Waals surface area contributed by atoms with Crippen molar-refractivity contribution >= 4 is 11.1 Å². The lowest BCUT2D eigenvalue weighted by atomic mass is 9.95. The smallest absolute Gasteiger partial charge is 0.108 e. The van der Waals surface area contributed by atoms with Crippen LogP contribution in [0.15, 0.2) is 34.1 Å². The van der Waals surface area contributed by atoms with Gasteiger partial charge in [0.2, 0.25) is 0 Å². The van der Waals surface area contributed by atoms with Crippen LogP contribution in [0.1, 0.15) is 34.2 Å². The highest BCUT2D eigenvalue weighted by molar-refractivity contribution is 6.03. The van der Waals surface area contributed by atoms with Crippen LogP contribution in [0.25, 0.3) is 11.1 Å². The van der Waals surface area contributed by atoms with Crippen LogP contribution in [-0.4, -0.2) is 0 Å². The Bertz CT molecular complexity index is 567. The Balaban J connectivity index is 2.38. The Kier molecular flexibility index (Phi) is 3.04. The molecule has 0 aliphatic rings. The van der Waals surface area contributed by atoms with Crippen molar-refractivity contribution < 1.29 is 8.83 Å². The average Bonchev–Trinajstić information content (AvgIpc) is 2.79. The lowest BCUT2D eigenvalue weighted by Crippen LogP contribution is -1.88.